The fourth-order valence-electron chi connectivity index (χ4n) is 5.38. The fourth-order valence-corrected chi connectivity index (χ4v) is 5.65. The van der Waals surface area contributed by atoms with Crippen molar-refractivity contribution in [3.8, 4) is 33.8 Å². The quantitative estimate of drug-likeness (QED) is 0.360. The Morgan fingerprint density at radius 3 is 2.27 bits per heavy atom. The molecule has 0 aliphatic carbocycles. The number of nitrogens with zero attached hydrogens (tertiary/aromatic N) is 7. The normalized spacial score (nSPS) is 14.5. The van der Waals surface area contributed by atoms with Crippen molar-refractivity contribution in [2.45, 2.75) is 33.2 Å². The van der Waals surface area contributed by atoms with E-state index in [1.807, 2.05) is 38.1 Å². The number of imidazole rings is 1. The number of halogens is 1. The lowest BCUT2D eigenvalue weighted by Gasteiger charge is -2.43. The molecule has 0 saturated carbocycles. The number of rotatable bonds is 5. The Morgan fingerprint density at radius 2 is 1.68 bits per heavy atom. The predicted molar refractivity (Wildman–Crippen MR) is 167 cm³/mol. The van der Waals surface area contributed by atoms with Gasteiger partial charge in [0, 0.05) is 88.3 Å². The van der Waals surface area contributed by atoms with E-state index < -0.39 is 0 Å². The van der Waals surface area contributed by atoms with Crippen molar-refractivity contribution in [3.05, 3.63) is 70.1 Å². The molecule has 41 heavy (non-hydrogen) atoms. The lowest BCUT2D eigenvalue weighted by atomic mass is 10.0. The van der Waals surface area contributed by atoms with Crippen molar-refractivity contribution < 1.29 is 5.11 Å². The molecule has 0 bridgehead atoms. The summed E-state index contributed by atoms with van der Waals surface area (Å²) in [6.07, 6.45) is 5.14. The summed E-state index contributed by atoms with van der Waals surface area (Å²) in [5.74, 6) is 0.933. The highest BCUT2D eigenvalue weighted by Gasteiger charge is 2.28. The van der Waals surface area contributed by atoms with Crippen LogP contribution in [0.2, 0.25) is 5.02 Å². The Labute approximate surface area is 246 Å². The van der Waals surface area contributed by atoms with E-state index in [9.17, 15) is 9.90 Å². The number of aryl methyl sites for hydroxylation is 2. The molecule has 1 aliphatic rings. The highest BCUT2D eigenvalue weighted by atomic mass is 35.5. The van der Waals surface area contributed by atoms with Gasteiger partial charge in [0.05, 0.1) is 16.4 Å². The van der Waals surface area contributed by atoms with Gasteiger partial charge in [0.15, 0.2) is 5.82 Å². The number of hydrogen-bond donors (Lipinski definition) is 1. The van der Waals surface area contributed by atoms with Crippen molar-refractivity contribution in [3.63, 3.8) is 0 Å². The van der Waals surface area contributed by atoms with Gasteiger partial charge in [0.1, 0.15) is 11.4 Å². The van der Waals surface area contributed by atoms with Crippen molar-refractivity contribution in [1.82, 2.24) is 24.0 Å². The molecule has 0 atom stereocenters. The summed E-state index contributed by atoms with van der Waals surface area (Å²) in [6.45, 7) is 12.4. The number of pyridine rings is 2. The first-order valence-corrected chi connectivity index (χ1v) is 14.2. The monoisotopic (exact) mass is 575 g/mol. The molecule has 1 aliphatic heterocycles. The number of hydrogen-bond acceptors (Lipinski definition) is 7. The summed E-state index contributed by atoms with van der Waals surface area (Å²) in [5, 5.41) is 11.9. The molecule has 1 N–H and O–H groups in total. The maximum Gasteiger partial charge on any atom is 0.332 e. The van der Waals surface area contributed by atoms with Crippen LogP contribution in [-0.4, -0.2) is 74.9 Å². The second-order valence-corrected chi connectivity index (χ2v) is 12.2. The van der Waals surface area contributed by atoms with Gasteiger partial charge in [-0.25, -0.2) is 14.8 Å². The summed E-state index contributed by atoms with van der Waals surface area (Å²) < 4.78 is 2.99. The average molecular weight is 576 g/mol. The van der Waals surface area contributed by atoms with E-state index in [0.29, 0.717) is 22.0 Å². The molecule has 3 aromatic heterocycles. The highest BCUT2D eigenvalue weighted by molar-refractivity contribution is 6.32. The van der Waals surface area contributed by atoms with Crippen LogP contribution in [0.25, 0.3) is 28.1 Å². The van der Waals surface area contributed by atoms with Crippen LogP contribution in [0.4, 0.5) is 11.5 Å². The Hall–Kier alpha value is -3.82. The number of aromatic nitrogens is 4. The topological polar surface area (TPSA) is 82.7 Å². The van der Waals surface area contributed by atoms with E-state index in [4.69, 9.17) is 21.6 Å². The van der Waals surface area contributed by atoms with Crippen molar-refractivity contribution in [2.75, 3.05) is 50.1 Å². The van der Waals surface area contributed by atoms with Gasteiger partial charge in [-0.3, -0.25) is 9.47 Å². The fraction of sp³-hybridized carbons (Fsp3) is 0.387. The summed E-state index contributed by atoms with van der Waals surface area (Å²) in [5.41, 5.74) is 4.83. The summed E-state index contributed by atoms with van der Waals surface area (Å²) >= 11 is 6.65. The largest absolute Gasteiger partial charge is 0.505 e. The first-order chi connectivity index (χ1) is 19.3. The van der Waals surface area contributed by atoms with E-state index in [1.165, 1.54) is 9.13 Å². The van der Waals surface area contributed by atoms with Gasteiger partial charge in [0.25, 0.3) is 0 Å². The molecule has 0 unspecified atom stereocenters. The van der Waals surface area contributed by atoms with Crippen molar-refractivity contribution >= 4 is 23.1 Å². The molecule has 0 amide bonds. The minimum atomic E-state index is -0.186. The van der Waals surface area contributed by atoms with E-state index in [0.717, 1.165) is 54.5 Å². The Bertz CT molecular complexity index is 1640. The minimum Gasteiger partial charge on any atom is -0.505 e. The summed E-state index contributed by atoms with van der Waals surface area (Å²) in [4.78, 5) is 28.9. The number of aromatic hydroxyl groups is 1. The summed E-state index contributed by atoms with van der Waals surface area (Å²) in [6, 6.07) is 9.33. The second-order valence-electron chi connectivity index (χ2n) is 11.8. The third-order valence-corrected chi connectivity index (χ3v) is 8.00. The molecule has 9 nitrogen and oxygen atoms in total. The van der Waals surface area contributed by atoms with E-state index in [-0.39, 0.29) is 17.0 Å². The van der Waals surface area contributed by atoms with Crippen LogP contribution >= 0.6 is 11.6 Å². The van der Waals surface area contributed by atoms with Crippen LogP contribution in [-0.2, 0) is 7.05 Å². The molecule has 0 spiro atoms. The molecule has 4 aromatic rings. The van der Waals surface area contributed by atoms with E-state index in [1.54, 1.807) is 37.8 Å². The predicted octanol–water partition coefficient (Wildman–Crippen LogP) is 4.95. The van der Waals surface area contributed by atoms with E-state index >= 15 is 0 Å². The van der Waals surface area contributed by atoms with Gasteiger partial charge < -0.3 is 19.5 Å². The van der Waals surface area contributed by atoms with E-state index in [2.05, 4.69) is 36.6 Å². The zero-order chi connectivity index (χ0) is 29.6. The van der Waals surface area contributed by atoms with Crippen LogP contribution in [0.1, 0.15) is 26.5 Å². The molecular formula is C31H38ClN7O2. The smallest absolute Gasteiger partial charge is 0.332 e. The molecule has 0 radical (unpaired) electrons. The molecule has 1 fully saturated rings. The Morgan fingerprint density at radius 1 is 0.976 bits per heavy atom. The second kappa shape index (κ2) is 10.9. The highest BCUT2D eigenvalue weighted by Crippen LogP contribution is 2.41. The molecule has 5 rings (SSSR count). The van der Waals surface area contributed by atoms with Crippen LogP contribution < -0.4 is 15.5 Å². The van der Waals surface area contributed by atoms with Crippen LogP contribution in [0, 0.1) is 6.92 Å². The summed E-state index contributed by atoms with van der Waals surface area (Å²) in [7, 11) is 5.68. The van der Waals surface area contributed by atoms with Crippen molar-refractivity contribution in [1.29, 1.82) is 0 Å². The van der Waals surface area contributed by atoms with Gasteiger partial charge >= 0.3 is 5.69 Å². The Kier molecular flexibility index (Phi) is 7.61. The zero-order valence-electron chi connectivity index (χ0n) is 24.8. The lowest BCUT2D eigenvalue weighted by molar-refractivity contribution is 0.128. The molecule has 10 heteroatoms. The van der Waals surface area contributed by atoms with Gasteiger partial charge in [-0.2, -0.15) is 0 Å². The first kappa shape index (κ1) is 28.7. The standard InChI is InChI=1S/C31H38ClN7O2/c1-20-16-23(21-8-9-25(24(32)17-21)39-15-10-36(7)30(39)41)28(40)27(34-20)22-18-26(29(33-19-22)35(5)6)37-11-13-38(14-12-37)31(2,3)4/h8-10,15-19,40H,11-14H2,1-7H3. The maximum absolute atomic E-state index is 12.4. The maximum atomic E-state index is 12.4. The lowest BCUT2D eigenvalue weighted by Crippen LogP contribution is -2.53. The third-order valence-electron chi connectivity index (χ3n) is 7.70. The number of anilines is 2. The van der Waals surface area contributed by atoms with Gasteiger partial charge in [-0.15, -0.1) is 0 Å². The van der Waals surface area contributed by atoms with Crippen LogP contribution in [0.15, 0.2) is 53.7 Å². The molecule has 1 saturated heterocycles. The zero-order valence-corrected chi connectivity index (χ0v) is 25.6. The third kappa shape index (κ3) is 5.56. The SMILES string of the molecule is Cc1cc(-c2ccc(-n3ccn(C)c3=O)c(Cl)c2)c(O)c(-c2cnc(N(C)C)c(N3CCN(C(C)(C)C)CC3)c2)n1. The first-order valence-electron chi connectivity index (χ1n) is 13.8. The molecule has 1 aromatic carbocycles. The van der Waals surface area contributed by atoms with Gasteiger partial charge in [0.2, 0.25) is 0 Å². The van der Waals surface area contributed by atoms with Gasteiger partial charge in [-0.1, -0.05) is 17.7 Å². The van der Waals surface area contributed by atoms with Crippen LogP contribution in [0.5, 0.6) is 5.75 Å². The Balaban J connectivity index is 1.53. The van der Waals surface area contributed by atoms with Crippen LogP contribution in [0.3, 0.4) is 0 Å². The van der Waals surface area contributed by atoms with Crippen molar-refractivity contribution in [2.24, 2.45) is 7.05 Å². The number of piperazine rings is 1. The minimum absolute atomic E-state index is 0.0548. The molecule has 4 heterocycles. The molecular weight excluding hydrogens is 538 g/mol. The number of benzene rings is 1. The molecule has 216 valence electrons. The average Bonchev–Trinajstić information content (AvgIpc) is 3.26. The van der Waals surface area contributed by atoms with Gasteiger partial charge in [-0.05, 0) is 57.5 Å².